The van der Waals surface area contributed by atoms with Gasteiger partial charge in [-0.3, -0.25) is 4.79 Å². The molecule has 1 heterocycles. The molecule has 0 radical (unpaired) electrons. The molecule has 6 nitrogen and oxygen atoms in total. The van der Waals surface area contributed by atoms with Crippen molar-refractivity contribution >= 4 is 15.9 Å². The van der Waals surface area contributed by atoms with Crippen LogP contribution in [0.2, 0.25) is 0 Å². The summed E-state index contributed by atoms with van der Waals surface area (Å²) in [7, 11) is -4.17. The van der Waals surface area contributed by atoms with Gasteiger partial charge in [-0.25, -0.2) is 17.2 Å². The molecule has 1 aromatic rings. The number of nitrogens with one attached hydrogen (secondary N) is 1. The second-order valence-electron chi connectivity index (χ2n) is 7.14. The Labute approximate surface area is 157 Å². The molecule has 1 N–H and O–H groups in total. The van der Waals surface area contributed by atoms with Gasteiger partial charge in [-0.15, -0.1) is 0 Å². The van der Waals surface area contributed by atoms with Crippen LogP contribution in [0.25, 0.3) is 0 Å². The lowest BCUT2D eigenvalue weighted by Gasteiger charge is -2.32. The molecule has 146 valence electrons. The molecule has 9 heteroatoms. The Morgan fingerprint density at radius 2 is 1.85 bits per heavy atom. The Morgan fingerprint density at radius 1 is 1.22 bits per heavy atom. The van der Waals surface area contributed by atoms with Gasteiger partial charge in [0.2, 0.25) is 15.9 Å². The molecule has 1 aliphatic carbocycles. The number of nitrogens with zero attached hydrogens (tertiary/aromatic N) is 2. The highest BCUT2D eigenvalue weighted by atomic mass is 32.2. The monoisotopic (exact) mass is 397 g/mol. The van der Waals surface area contributed by atoms with Crippen LogP contribution in [0, 0.1) is 28.9 Å². The van der Waals surface area contributed by atoms with Crippen molar-refractivity contribution in [3.05, 3.63) is 29.8 Å². The second-order valence-corrected chi connectivity index (χ2v) is 9.05. The van der Waals surface area contributed by atoms with E-state index in [1.165, 1.54) is 0 Å². The summed E-state index contributed by atoms with van der Waals surface area (Å²) in [6.45, 7) is 0.0753. The molecule has 3 rings (SSSR count). The summed E-state index contributed by atoms with van der Waals surface area (Å²) in [6, 6.07) is 4.51. The first-order chi connectivity index (χ1) is 12.8. The lowest BCUT2D eigenvalue weighted by Crippen LogP contribution is -2.50. The summed E-state index contributed by atoms with van der Waals surface area (Å²) in [5.74, 6) is -2.48. The van der Waals surface area contributed by atoms with E-state index in [9.17, 15) is 27.3 Å². The van der Waals surface area contributed by atoms with Gasteiger partial charge in [0.25, 0.3) is 0 Å². The fourth-order valence-corrected chi connectivity index (χ4v) is 5.30. The zero-order valence-corrected chi connectivity index (χ0v) is 15.6. The van der Waals surface area contributed by atoms with Crippen molar-refractivity contribution < 1.29 is 22.0 Å². The first-order valence-corrected chi connectivity index (χ1v) is 10.4. The smallest absolute Gasteiger partial charge is 0.246 e. The molecule has 0 atom stereocenters. The summed E-state index contributed by atoms with van der Waals surface area (Å²) >= 11 is 0. The van der Waals surface area contributed by atoms with Crippen molar-refractivity contribution in [2.45, 2.75) is 49.0 Å². The van der Waals surface area contributed by atoms with Crippen molar-refractivity contribution in [1.82, 2.24) is 9.62 Å². The molecule has 0 spiro atoms. The average Bonchev–Trinajstić information content (AvgIpc) is 3.12. The van der Waals surface area contributed by atoms with E-state index < -0.39 is 38.0 Å². The molecule has 0 bridgehead atoms. The van der Waals surface area contributed by atoms with Gasteiger partial charge in [-0.05, 0) is 56.7 Å². The molecule has 1 saturated heterocycles. The van der Waals surface area contributed by atoms with Crippen LogP contribution < -0.4 is 5.32 Å². The van der Waals surface area contributed by atoms with E-state index in [1.54, 1.807) is 0 Å². The highest BCUT2D eigenvalue weighted by Gasteiger charge is 2.39. The third kappa shape index (κ3) is 3.96. The van der Waals surface area contributed by atoms with Gasteiger partial charge < -0.3 is 5.32 Å². The molecule has 2 aliphatic rings. The number of nitriles is 1. The van der Waals surface area contributed by atoms with E-state index >= 15 is 0 Å². The van der Waals surface area contributed by atoms with Gasteiger partial charge in [0.05, 0.1) is 6.07 Å². The quantitative estimate of drug-likeness (QED) is 0.844. The number of hydrogen-bond donors (Lipinski definition) is 1. The fourth-order valence-electron chi connectivity index (χ4n) is 3.75. The van der Waals surface area contributed by atoms with E-state index in [0.717, 1.165) is 29.3 Å². The minimum atomic E-state index is -4.17. The zero-order chi connectivity index (χ0) is 19.7. The lowest BCUT2D eigenvalue weighted by molar-refractivity contribution is -0.127. The number of rotatable bonds is 4. The number of benzene rings is 1. The van der Waals surface area contributed by atoms with Crippen molar-refractivity contribution in [3.63, 3.8) is 0 Å². The second kappa shape index (κ2) is 7.52. The van der Waals surface area contributed by atoms with Gasteiger partial charge in [-0.2, -0.15) is 9.57 Å². The van der Waals surface area contributed by atoms with Crippen molar-refractivity contribution in [2.24, 2.45) is 5.92 Å². The number of hydrogen-bond acceptors (Lipinski definition) is 4. The van der Waals surface area contributed by atoms with Crippen molar-refractivity contribution in [2.75, 3.05) is 13.1 Å². The average molecular weight is 397 g/mol. The van der Waals surface area contributed by atoms with Gasteiger partial charge in [0.15, 0.2) is 0 Å². The van der Waals surface area contributed by atoms with Crippen LogP contribution in [0.1, 0.15) is 38.5 Å². The molecule has 1 aromatic carbocycles. The van der Waals surface area contributed by atoms with Gasteiger partial charge >= 0.3 is 0 Å². The maximum atomic E-state index is 13.9. The predicted molar refractivity (Wildman–Crippen MR) is 92.8 cm³/mol. The van der Waals surface area contributed by atoms with E-state index in [2.05, 4.69) is 11.4 Å². The van der Waals surface area contributed by atoms with Crippen LogP contribution in [0.5, 0.6) is 0 Å². The Hall–Kier alpha value is -2.05. The van der Waals surface area contributed by atoms with Gasteiger partial charge in [0.1, 0.15) is 22.1 Å². The summed E-state index contributed by atoms with van der Waals surface area (Å²) < 4.78 is 53.5. The van der Waals surface area contributed by atoms with Crippen molar-refractivity contribution in [1.29, 1.82) is 5.26 Å². The summed E-state index contributed by atoms with van der Waals surface area (Å²) in [5.41, 5.74) is -0.814. The Balaban J connectivity index is 1.65. The number of carbonyl (C=O) groups is 1. The van der Waals surface area contributed by atoms with Gasteiger partial charge in [0, 0.05) is 19.0 Å². The largest absolute Gasteiger partial charge is 0.338 e. The minimum absolute atomic E-state index is 0.0376. The SMILES string of the molecule is N#CC1(NC(=O)C2CCN(S(=O)(=O)c3cc(F)ccc3F)CC2)CCCC1. The maximum Gasteiger partial charge on any atom is 0.246 e. The highest BCUT2D eigenvalue weighted by Crippen LogP contribution is 2.31. The summed E-state index contributed by atoms with van der Waals surface area (Å²) in [5, 5.41) is 12.2. The van der Waals surface area contributed by atoms with E-state index in [1.807, 2.05) is 0 Å². The van der Waals surface area contributed by atoms with Gasteiger partial charge in [-0.1, -0.05) is 0 Å². The van der Waals surface area contributed by atoms with Crippen LogP contribution in [0.3, 0.4) is 0 Å². The third-order valence-electron chi connectivity index (χ3n) is 5.37. The standard InChI is InChI=1S/C18H21F2N3O3S/c19-14-3-4-15(20)16(11-14)27(25,26)23-9-5-13(6-10-23)17(24)22-18(12-21)7-1-2-8-18/h3-4,11,13H,1-2,5-10H2,(H,22,24). The molecular weight excluding hydrogens is 376 g/mol. The van der Waals surface area contributed by atoms with E-state index in [0.29, 0.717) is 18.9 Å². The Bertz CT molecular complexity index is 868. The van der Waals surface area contributed by atoms with E-state index in [4.69, 9.17) is 0 Å². The number of carbonyl (C=O) groups excluding carboxylic acids is 1. The van der Waals surface area contributed by atoms with Crippen LogP contribution in [-0.2, 0) is 14.8 Å². The van der Waals surface area contributed by atoms with Crippen LogP contribution in [0.15, 0.2) is 23.1 Å². The number of sulfonamides is 1. The number of amides is 1. The topological polar surface area (TPSA) is 90.3 Å². The molecule has 1 saturated carbocycles. The summed E-state index contributed by atoms with van der Waals surface area (Å²) in [4.78, 5) is 11.8. The molecule has 0 aromatic heterocycles. The first-order valence-electron chi connectivity index (χ1n) is 8.96. The first kappa shape index (κ1) is 19.7. The Morgan fingerprint density at radius 3 is 2.44 bits per heavy atom. The molecule has 2 fully saturated rings. The van der Waals surface area contributed by atoms with Crippen LogP contribution in [0.4, 0.5) is 8.78 Å². The zero-order valence-electron chi connectivity index (χ0n) is 14.7. The molecule has 0 unspecified atom stereocenters. The summed E-state index contributed by atoms with van der Waals surface area (Å²) in [6.07, 6.45) is 3.57. The van der Waals surface area contributed by atoms with Crippen molar-refractivity contribution in [3.8, 4) is 6.07 Å². The molecular formula is C18H21F2N3O3S. The molecule has 1 amide bonds. The van der Waals surface area contributed by atoms with Crippen LogP contribution >= 0.6 is 0 Å². The maximum absolute atomic E-state index is 13.9. The highest BCUT2D eigenvalue weighted by molar-refractivity contribution is 7.89. The number of piperidine rings is 1. The van der Waals surface area contributed by atoms with Crippen LogP contribution in [-0.4, -0.2) is 37.3 Å². The third-order valence-corrected chi connectivity index (χ3v) is 7.28. The molecule has 27 heavy (non-hydrogen) atoms. The molecule has 1 aliphatic heterocycles. The fraction of sp³-hybridized carbons (Fsp3) is 0.556. The minimum Gasteiger partial charge on any atom is -0.338 e. The van der Waals surface area contributed by atoms with E-state index in [-0.39, 0.29) is 31.8 Å². The normalized spacial score (nSPS) is 20.9. The number of halogens is 2. The Kier molecular flexibility index (Phi) is 5.49. The lowest BCUT2D eigenvalue weighted by atomic mass is 9.93. The predicted octanol–water partition coefficient (Wildman–Crippen LogP) is 2.32.